The summed E-state index contributed by atoms with van der Waals surface area (Å²) >= 11 is 0. The molecule has 0 saturated heterocycles. The Balaban J connectivity index is 1.93. The molecule has 1 saturated carbocycles. The number of nitrogens with zero attached hydrogens (tertiary/aromatic N) is 2. The van der Waals surface area contributed by atoms with Crippen molar-refractivity contribution in [3.05, 3.63) is 41.7 Å². The number of amides is 1. The molecule has 0 radical (unpaired) electrons. The van der Waals surface area contributed by atoms with Gasteiger partial charge < -0.3 is 27.1 Å². The van der Waals surface area contributed by atoms with Gasteiger partial charge in [-0.05, 0) is 44.2 Å². The van der Waals surface area contributed by atoms with E-state index in [4.69, 9.17) is 11.1 Å². The summed E-state index contributed by atoms with van der Waals surface area (Å²) in [6.45, 7) is 0. The number of likely N-dealkylation sites (N-methyl/N-ethyl adjacent to an activating group) is 1. The SMILES string of the molecule is CNC1CCCC(F)(F)C1Nc1nc(Nc2cccc(NN=CC=N)c2)c(C(N)=O)cc1F. The van der Waals surface area contributed by atoms with Crippen LogP contribution in [0.4, 0.5) is 36.2 Å². The number of pyridine rings is 1. The van der Waals surface area contributed by atoms with E-state index < -0.39 is 35.5 Å². The molecular weight excluding hydrogens is 437 g/mol. The molecule has 12 heteroatoms. The predicted molar refractivity (Wildman–Crippen MR) is 122 cm³/mol. The van der Waals surface area contributed by atoms with Crippen molar-refractivity contribution >= 4 is 41.3 Å². The van der Waals surface area contributed by atoms with Gasteiger partial charge in [-0.15, -0.1) is 0 Å². The van der Waals surface area contributed by atoms with E-state index in [1.54, 1.807) is 31.3 Å². The smallest absolute Gasteiger partial charge is 0.269 e. The van der Waals surface area contributed by atoms with Crippen LogP contribution in [0.15, 0.2) is 35.4 Å². The lowest BCUT2D eigenvalue weighted by molar-refractivity contribution is -0.0550. The first-order valence-electron chi connectivity index (χ1n) is 10.2. The third-order valence-corrected chi connectivity index (χ3v) is 5.26. The Kier molecular flexibility index (Phi) is 7.48. The first kappa shape index (κ1) is 24.0. The second-order valence-electron chi connectivity index (χ2n) is 7.51. The van der Waals surface area contributed by atoms with Crippen LogP contribution in [0, 0.1) is 11.2 Å². The number of hydrogen-bond donors (Lipinski definition) is 6. The fourth-order valence-corrected chi connectivity index (χ4v) is 3.66. The number of hydrogen-bond acceptors (Lipinski definition) is 8. The number of rotatable bonds is 9. The van der Waals surface area contributed by atoms with Crippen molar-refractivity contribution in [2.45, 2.75) is 37.3 Å². The normalized spacial score (nSPS) is 19.8. The van der Waals surface area contributed by atoms with Gasteiger partial charge in [0.2, 0.25) is 0 Å². The van der Waals surface area contributed by atoms with Crippen molar-refractivity contribution in [2.75, 3.05) is 23.1 Å². The van der Waals surface area contributed by atoms with Gasteiger partial charge in [-0.2, -0.15) is 5.10 Å². The van der Waals surface area contributed by atoms with Gasteiger partial charge in [-0.3, -0.25) is 10.2 Å². The van der Waals surface area contributed by atoms with Crippen molar-refractivity contribution in [3.63, 3.8) is 0 Å². The highest BCUT2D eigenvalue weighted by Gasteiger charge is 2.47. The molecule has 2 unspecified atom stereocenters. The zero-order chi connectivity index (χ0) is 24.0. The molecular formula is C21H25F3N8O. The number of aromatic nitrogens is 1. The fourth-order valence-electron chi connectivity index (χ4n) is 3.66. The zero-order valence-electron chi connectivity index (χ0n) is 17.8. The molecule has 9 nitrogen and oxygen atoms in total. The highest BCUT2D eigenvalue weighted by Crippen LogP contribution is 2.36. The van der Waals surface area contributed by atoms with E-state index in [1.165, 1.54) is 6.21 Å². The molecule has 0 aliphatic heterocycles. The van der Waals surface area contributed by atoms with E-state index >= 15 is 0 Å². The van der Waals surface area contributed by atoms with Crippen molar-refractivity contribution < 1.29 is 18.0 Å². The third kappa shape index (κ3) is 5.77. The van der Waals surface area contributed by atoms with Gasteiger partial charge in [0.25, 0.3) is 11.8 Å². The molecule has 0 spiro atoms. The van der Waals surface area contributed by atoms with Crippen LogP contribution in [0.5, 0.6) is 0 Å². The maximum absolute atomic E-state index is 14.7. The predicted octanol–water partition coefficient (Wildman–Crippen LogP) is 3.30. The number of primary amides is 1. The largest absolute Gasteiger partial charge is 0.365 e. The summed E-state index contributed by atoms with van der Waals surface area (Å²) < 4.78 is 43.9. The molecule has 33 heavy (non-hydrogen) atoms. The van der Waals surface area contributed by atoms with Crippen LogP contribution in [-0.4, -0.2) is 48.4 Å². The molecule has 2 aromatic rings. The fraction of sp³-hybridized carbons (Fsp3) is 0.333. The zero-order valence-corrected chi connectivity index (χ0v) is 17.8. The third-order valence-electron chi connectivity index (χ3n) is 5.26. The van der Waals surface area contributed by atoms with Crippen molar-refractivity contribution in [1.82, 2.24) is 10.3 Å². The number of alkyl halides is 2. The number of nitrogens with two attached hydrogens (primary N) is 1. The molecule has 1 aromatic carbocycles. The number of carbonyl (C=O) groups is 1. The van der Waals surface area contributed by atoms with Gasteiger partial charge >= 0.3 is 0 Å². The number of hydrazone groups is 1. The van der Waals surface area contributed by atoms with E-state index in [0.717, 1.165) is 12.3 Å². The van der Waals surface area contributed by atoms with Gasteiger partial charge in [-0.1, -0.05) is 6.07 Å². The standard InChI is InChI=1S/C21H25F3N8O/c1-27-16-6-3-7-21(23,24)17(16)30-20-15(22)11-14(18(26)33)19(31-20)29-12-4-2-5-13(10-12)32-28-9-8-25/h2,4-5,8-11,16-17,25,27,32H,3,6-7H2,1H3,(H2,26,33)(H2,29,30,31). The lowest BCUT2D eigenvalue weighted by Crippen LogP contribution is -2.56. The van der Waals surface area contributed by atoms with Gasteiger partial charge in [0.15, 0.2) is 11.6 Å². The monoisotopic (exact) mass is 462 g/mol. The van der Waals surface area contributed by atoms with Crippen LogP contribution in [0.3, 0.4) is 0 Å². The second kappa shape index (κ2) is 10.3. The van der Waals surface area contributed by atoms with Crippen LogP contribution >= 0.6 is 0 Å². The minimum atomic E-state index is -3.08. The van der Waals surface area contributed by atoms with Crippen molar-refractivity contribution in [2.24, 2.45) is 10.8 Å². The van der Waals surface area contributed by atoms with Crippen LogP contribution in [-0.2, 0) is 0 Å². The Morgan fingerprint density at radius 2 is 2.06 bits per heavy atom. The number of benzene rings is 1. The Hall–Kier alpha value is -3.67. The Labute approximate surface area is 188 Å². The minimum Gasteiger partial charge on any atom is -0.365 e. The average Bonchev–Trinajstić information content (AvgIpc) is 2.77. The van der Waals surface area contributed by atoms with Gasteiger partial charge in [-0.25, -0.2) is 18.2 Å². The molecule has 2 atom stereocenters. The van der Waals surface area contributed by atoms with Crippen molar-refractivity contribution in [1.29, 1.82) is 5.41 Å². The summed E-state index contributed by atoms with van der Waals surface area (Å²) in [5, 5.41) is 19.0. The first-order chi connectivity index (χ1) is 15.7. The van der Waals surface area contributed by atoms with Gasteiger partial charge in [0, 0.05) is 24.4 Å². The Morgan fingerprint density at radius 3 is 2.76 bits per heavy atom. The van der Waals surface area contributed by atoms with Crippen LogP contribution < -0.4 is 27.1 Å². The summed E-state index contributed by atoms with van der Waals surface area (Å²) in [6.07, 6.45) is 2.75. The van der Waals surface area contributed by atoms with E-state index in [0.29, 0.717) is 24.2 Å². The summed E-state index contributed by atoms with van der Waals surface area (Å²) in [7, 11) is 1.57. The van der Waals surface area contributed by atoms with Crippen LogP contribution in [0.25, 0.3) is 0 Å². The van der Waals surface area contributed by atoms with Gasteiger partial charge in [0.05, 0.1) is 17.5 Å². The molecule has 0 bridgehead atoms. The molecule has 176 valence electrons. The quantitative estimate of drug-likeness (QED) is 0.250. The van der Waals surface area contributed by atoms with Crippen LogP contribution in [0.1, 0.15) is 29.6 Å². The average molecular weight is 462 g/mol. The van der Waals surface area contributed by atoms with E-state index in [2.05, 4.69) is 31.5 Å². The molecule has 7 N–H and O–H groups in total. The highest BCUT2D eigenvalue weighted by atomic mass is 19.3. The molecule has 1 fully saturated rings. The number of carbonyl (C=O) groups excluding carboxylic acids is 1. The Morgan fingerprint density at radius 1 is 1.30 bits per heavy atom. The Bertz CT molecular complexity index is 1050. The topological polar surface area (TPSA) is 140 Å². The van der Waals surface area contributed by atoms with E-state index in [-0.39, 0.29) is 17.8 Å². The summed E-state index contributed by atoms with van der Waals surface area (Å²) in [5.74, 6) is -5.49. The summed E-state index contributed by atoms with van der Waals surface area (Å²) in [6, 6.07) is 5.55. The molecule has 1 heterocycles. The number of anilines is 4. The number of halogens is 3. The molecule has 3 rings (SSSR count). The molecule has 1 aromatic heterocycles. The highest BCUT2D eigenvalue weighted by molar-refractivity contribution is 6.14. The van der Waals surface area contributed by atoms with Crippen molar-refractivity contribution in [3.8, 4) is 0 Å². The summed E-state index contributed by atoms with van der Waals surface area (Å²) in [5.41, 5.74) is 8.86. The maximum Gasteiger partial charge on any atom is 0.269 e. The minimum absolute atomic E-state index is 0.0910. The van der Waals surface area contributed by atoms with E-state index in [9.17, 15) is 18.0 Å². The number of nitrogens with one attached hydrogen (secondary N) is 5. The summed E-state index contributed by atoms with van der Waals surface area (Å²) in [4.78, 5) is 16.0. The first-order valence-corrected chi connectivity index (χ1v) is 10.2. The molecule has 1 amide bonds. The van der Waals surface area contributed by atoms with Gasteiger partial charge in [0.1, 0.15) is 11.9 Å². The molecule has 1 aliphatic carbocycles. The molecule has 1 aliphatic rings. The van der Waals surface area contributed by atoms with Crippen LogP contribution in [0.2, 0.25) is 0 Å². The van der Waals surface area contributed by atoms with E-state index in [1.807, 2.05) is 0 Å². The lowest BCUT2D eigenvalue weighted by atomic mass is 9.87. The lowest BCUT2D eigenvalue weighted by Gasteiger charge is -2.38. The maximum atomic E-state index is 14.7. The second-order valence-corrected chi connectivity index (χ2v) is 7.51.